The molecule has 189 valence electrons. The minimum absolute atomic E-state index is 0. The summed E-state index contributed by atoms with van der Waals surface area (Å²) in [6, 6.07) is 13.9. The van der Waals surface area contributed by atoms with Gasteiger partial charge in [0.1, 0.15) is 0 Å². The molecule has 4 aromatic rings. The van der Waals surface area contributed by atoms with Crippen LogP contribution in [0, 0.1) is 13.8 Å². The number of aromatic nitrogens is 4. The second-order valence-corrected chi connectivity index (χ2v) is 8.98. The molecule has 2 aromatic heterocycles. The summed E-state index contributed by atoms with van der Waals surface area (Å²) in [6.07, 6.45) is 0. The SMILES string of the molecule is CCOC(=O)c1cc(C)n(-c2ccc(Cl)c(Cl)c2)n1.Cc1cc(CO)nn1-c1ccc(Cl)c(Cl)c1.[B].[H-].[Na+]. The van der Waals surface area contributed by atoms with E-state index in [0.29, 0.717) is 32.4 Å². The average molecular weight is 591 g/mol. The summed E-state index contributed by atoms with van der Waals surface area (Å²) in [4.78, 5) is 11.6. The third-order valence-electron chi connectivity index (χ3n) is 4.77. The molecule has 0 aliphatic rings. The molecule has 2 heterocycles. The normalized spacial score (nSPS) is 10.1. The number of aryl methyl sites for hydroxylation is 2. The van der Waals surface area contributed by atoms with E-state index in [1.807, 2.05) is 26.0 Å². The fourth-order valence-corrected chi connectivity index (χ4v) is 3.74. The predicted octanol–water partition coefficient (Wildman–Crippen LogP) is 3.38. The van der Waals surface area contributed by atoms with E-state index in [1.54, 1.807) is 52.7 Å². The van der Waals surface area contributed by atoms with Gasteiger partial charge >= 0.3 is 35.5 Å². The van der Waals surface area contributed by atoms with Crippen LogP contribution in [0.1, 0.15) is 35.9 Å². The average Bonchev–Trinajstić information content (AvgIpc) is 3.40. The van der Waals surface area contributed by atoms with E-state index in [9.17, 15) is 4.79 Å². The monoisotopic (exact) mass is 589 g/mol. The van der Waals surface area contributed by atoms with Crippen LogP contribution in [0.15, 0.2) is 48.5 Å². The van der Waals surface area contributed by atoms with Crippen molar-refractivity contribution in [3.63, 3.8) is 0 Å². The second kappa shape index (κ2) is 15.2. The summed E-state index contributed by atoms with van der Waals surface area (Å²) in [5, 5.41) is 19.3. The van der Waals surface area contributed by atoms with Crippen molar-refractivity contribution in [3.8, 4) is 11.4 Å². The largest absolute Gasteiger partial charge is 1.00 e. The number of aliphatic hydroxyl groups is 1. The molecule has 7 nitrogen and oxygen atoms in total. The van der Waals surface area contributed by atoms with E-state index in [2.05, 4.69) is 10.2 Å². The first-order valence-corrected chi connectivity index (χ1v) is 12.0. The number of ether oxygens (including phenoxy) is 1. The zero-order valence-corrected chi connectivity index (χ0v) is 25.7. The van der Waals surface area contributed by atoms with Gasteiger partial charge in [0.15, 0.2) is 5.69 Å². The van der Waals surface area contributed by atoms with Gasteiger partial charge in [0.2, 0.25) is 0 Å². The number of hydrogen-bond donors (Lipinski definition) is 1. The molecule has 2 aromatic carbocycles. The van der Waals surface area contributed by atoms with Crippen LogP contribution in [0.2, 0.25) is 20.1 Å². The zero-order chi connectivity index (χ0) is 25.7. The Hall–Kier alpha value is -1.49. The first kappa shape index (κ1) is 33.5. The topological polar surface area (TPSA) is 82.2 Å². The first-order chi connectivity index (χ1) is 16.6. The number of benzene rings is 2. The quantitative estimate of drug-likeness (QED) is 0.285. The van der Waals surface area contributed by atoms with Crippen LogP contribution in [0.5, 0.6) is 0 Å². The van der Waals surface area contributed by atoms with Crippen LogP contribution >= 0.6 is 46.4 Å². The van der Waals surface area contributed by atoms with E-state index in [-0.39, 0.29) is 51.7 Å². The summed E-state index contributed by atoms with van der Waals surface area (Å²) in [5.41, 5.74) is 4.20. The number of esters is 1. The fourth-order valence-electron chi connectivity index (χ4n) is 3.15. The fraction of sp³-hybridized carbons (Fsp3) is 0.208. The number of hydrogen-bond acceptors (Lipinski definition) is 5. The van der Waals surface area contributed by atoms with Crippen LogP contribution in [0.4, 0.5) is 0 Å². The van der Waals surface area contributed by atoms with Gasteiger partial charge in [-0.15, -0.1) is 0 Å². The standard InChI is InChI=1S/C13H12Cl2N2O2.C11H10Cl2N2O.B.Na.H/c1-3-19-13(18)12-6-8(2)17(16-12)9-4-5-10(14)11(15)7-9;1-7-4-8(6-16)14-15(7)9-2-3-10(12)11(13)5-9;;;/h4-7H,3H2,1-2H3;2-5,16H,6H2,1H3;;;/q;;;+1;-1. The number of aliphatic hydroxyl groups excluding tert-OH is 1. The zero-order valence-electron chi connectivity index (χ0n) is 21.7. The molecule has 0 aliphatic heterocycles. The summed E-state index contributed by atoms with van der Waals surface area (Å²) >= 11 is 23.6. The van der Waals surface area contributed by atoms with Crippen molar-refractivity contribution < 1.29 is 45.6 Å². The number of carbonyl (C=O) groups is 1. The molecular formula is C24H23BCl4N4NaO3. The van der Waals surface area contributed by atoms with E-state index < -0.39 is 5.97 Å². The van der Waals surface area contributed by atoms with Crippen molar-refractivity contribution in [3.05, 3.63) is 91.4 Å². The number of rotatable bonds is 5. The maximum absolute atomic E-state index is 11.6. The van der Waals surface area contributed by atoms with Crippen LogP contribution in [0.25, 0.3) is 11.4 Å². The Bertz CT molecular complexity index is 1370. The molecule has 0 aliphatic carbocycles. The number of nitrogens with zero attached hydrogens (tertiary/aromatic N) is 4. The molecule has 0 unspecified atom stereocenters. The first-order valence-electron chi connectivity index (χ1n) is 10.5. The minimum Gasteiger partial charge on any atom is -1.00 e. The minimum atomic E-state index is -0.440. The Balaban J connectivity index is 0.000000675. The van der Waals surface area contributed by atoms with Crippen LogP contribution in [0.3, 0.4) is 0 Å². The van der Waals surface area contributed by atoms with Crippen molar-refractivity contribution >= 4 is 60.8 Å². The van der Waals surface area contributed by atoms with Gasteiger partial charge in [-0.1, -0.05) is 46.4 Å². The van der Waals surface area contributed by atoms with E-state index >= 15 is 0 Å². The Morgan fingerprint density at radius 3 is 1.78 bits per heavy atom. The second-order valence-electron chi connectivity index (χ2n) is 7.35. The van der Waals surface area contributed by atoms with E-state index in [1.165, 1.54) is 0 Å². The Morgan fingerprint density at radius 1 is 0.865 bits per heavy atom. The molecule has 0 spiro atoms. The molecule has 0 bridgehead atoms. The molecule has 0 atom stereocenters. The van der Waals surface area contributed by atoms with Gasteiger partial charge in [0, 0.05) is 19.8 Å². The summed E-state index contributed by atoms with van der Waals surface area (Å²) in [5.74, 6) is -0.440. The third kappa shape index (κ3) is 8.50. The molecule has 0 saturated carbocycles. The maximum atomic E-state index is 11.6. The van der Waals surface area contributed by atoms with Crippen molar-refractivity contribution in [1.82, 2.24) is 19.6 Å². The third-order valence-corrected chi connectivity index (χ3v) is 6.25. The van der Waals surface area contributed by atoms with Crippen molar-refractivity contribution in [2.45, 2.75) is 27.4 Å². The van der Waals surface area contributed by atoms with Gasteiger partial charge in [-0.25, -0.2) is 14.2 Å². The van der Waals surface area contributed by atoms with Crippen molar-refractivity contribution in [2.24, 2.45) is 0 Å². The van der Waals surface area contributed by atoms with Crippen LogP contribution in [-0.2, 0) is 11.3 Å². The maximum Gasteiger partial charge on any atom is 1.00 e. The van der Waals surface area contributed by atoms with E-state index in [4.69, 9.17) is 56.2 Å². The van der Waals surface area contributed by atoms with Gasteiger partial charge in [0.05, 0.1) is 50.4 Å². The molecule has 0 fully saturated rings. The molecule has 4 rings (SSSR count). The van der Waals surface area contributed by atoms with Gasteiger partial charge in [-0.05, 0) is 69.3 Å². The summed E-state index contributed by atoms with van der Waals surface area (Å²) in [7, 11) is 0. The smallest absolute Gasteiger partial charge is 1.00 e. The van der Waals surface area contributed by atoms with E-state index in [0.717, 1.165) is 22.8 Å². The molecular weight excluding hydrogens is 568 g/mol. The molecule has 0 amide bonds. The molecule has 3 radical (unpaired) electrons. The molecule has 37 heavy (non-hydrogen) atoms. The van der Waals surface area contributed by atoms with Crippen molar-refractivity contribution in [1.29, 1.82) is 0 Å². The Kier molecular flexibility index (Phi) is 13.8. The number of halogens is 4. The van der Waals surface area contributed by atoms with Gasteiger partial charge in [-0.3, -0.25) is 0 Å². The predicted molar refractivity (Wildman–Crippen MR) is 145 cm³/mol. The van der Waals surface area contributed by atoms with Crippen LogP contribution < -0.4 is 29.6 Å². The van der Waals surface area contributed by atoms with Crippen molar-refractivity contribution in [2.75, 3.05) is 6.61 Å². The molecule has 13 heteroatoms. The van der Waals surface area contributed by atoms with Crippen LogP contribution in [-0.4, -0.2) is 45.7 Å². The van der Waals surface area contributed by atoms with Gasteiger partial charge < -0.3 is 11.3 Å². The molecule has 1 N–H and O–H groups in total. The Morgan fingerprint density at radius 2 is 1.35 bits per heavy atom. The summed E-state index contributed by atoms with van der Waals surface area (Å²) in [6.45, 7) is 5.75. The number of carbonyl (C=O) groups excluding carboxylic acids is 1. The van der Waals surface area contributed by atoms with Gasteiger partial charge in [0.25, 0.3) is 0 Å². The summed E-state index contributed by atoms with van der Waals surface area (Å²) < 4.78 is 8.25. The Labute approximate surface area is 261 Å². The van der Waals surface area contributed by atoms with Gasteiger partial charge in [-0.2, -0.15) is 10.2 Å². The molecule has 0 saturated heterocycles.